The minimum absolute atomic E-state index is 0.242. The molecule has 0 aromatic heterocycles. The van der Waals surface area contributed by atoms with Crippen LogP contribution < -0.4 is 0 Å². The first-order chi connectivity index (χ1) is 9.40. The number of benzene rings is 1. The van der Waals surface area contributed by atoms with Crippen LogP contribution >= 0.6 is 11.6 Å². The van der Waals surface area contributed by atoms with Crippen LogP contribution in [-0.2, 0) is 11.8 Å². The zero-order valence-corrected chi connectivity index (χ0v) is 14.2. The molecule has 3 unspecified atom stereocenters. The third kappa shape index (κ3) is 4.01. The number of rotatable bonds is 3. The average molecular weight is 293 g/mol. The molecule has 20 heavy (non-hydrogen) atoms. The highest BCUT2D eigenvalue weighted by Gasteiger charge is 2.28. The zero-order valence-electron chi connectivity index (χ0n) is 13.5. The van der Waals surface area contributed by atoms with E-state index in [2.05, 4.69) is 52.0 Å². The smallest absolute Gasteiger partial charge is 0.0367 e. The lowest BCUT2D eigenvalue weighted by atomic mass is 9.77. The summed E-state index contributed by atoms with van der Waals surface area (Å²) in [6.45, 7) is 9.12. The van der Waals surface area contributed by atoms with Crippen molar-refractivity contribution < 1.29 is 0 Å². The van der Waals surface area contributed by atoms with Gasteiger partial charge in [-0.25, -0.2) is 0 Å². The molecular formula is C19H29Cl. The number of halogens is 1. The van der Waals surface area contributed by atoms with E-state index in [1.807, 2.05) is 0 Å². The molecule has 0 aliphatic heterocycles. The lowest BCUT2D eigenvalue weighted by Gasteiger charge is -2.32. The van der Waals surface area contributed by atoms with Crippen molar-refractivity contribution in [3.05, 3.63) is 35.4 Å². The molecule has 1 aromatic rings. The molecule has 1 aromatic carbocycles. The maximum atomic E-state index is 6.56. The first-order valence-electron chi connectivity index (χ1n) is 8.13. The fourth-order valence-corrected chi connectivity index (χ4v) is 3.67. The summed E-state index contributed by atoms with van der Waals surface area (Å²) >= 11 is 6.56. The van der Waals surface area contributed by atoms with Crippen molar-refractivity contribution in [3.63, 3.8) is 0 Å². The van der Waals surface area contributed by atoms with E-state index >= 15 is 0 Å². The zero-order chi connectivity index (χ0) is 14.8. The Labute approximate surface area is 129 Å². The van der Waals surface area contributed by atoms with Crippen LogP contribution in [0.15, 0.2) is 24.3 Å². The highest BCUT2D eigenvalue weighted by molar-refractivity contribution is 6.20. The summed E-state index contributed by atoms with van der Waals surface area (Å²) in [4.78, 5) is 0. The predicted octanol–water partition coefficient (Wildman–Crippen LogP) is 5.96. The van der Waals surface area contributed by atoms with Crippen LogP contribution in [0.1, 0.15) is 64.5 Å². The summed E-state index contributed by atoms with van der Waals surface area (Å²) in [5, 5.41) is 0.375. The molecule has 2 rings (SSSR count). The highest BCUT2D eigenvalue weighted by Crippen LogP contribution is 2.36. The van der Waals surface area contributed by atoms with Gasteiger partial charge in [-0.3, -0.25) is 0 Å². The predicted molar refractivity (Wildman–Crippen MR) is 89.6 cm³/mol. The van der Waals surface area contributed by atoms with E-state index in [-0.39, 0.29) is 5.41 Å². The number of alkyl halides is 1. The minimum Gasteiger partial charge on any atom is -0.123 e. The summed E-state index contributed by atoms with van der Waals surface area (Å²) in [7, 11) is 0. The van der Waals surface area contributed by atoms with Gasteiger partial charge < -0.3 is 0 Å². The Kier molecular flexibility index (Phi) is 5.18. The molecule has 1 aliphatic rings. The summed E-state index contributed by atoms with van der Waals surface area (Å²) in [5.74, 6) is 1.56. The van der Waals surface area contributed by atoms with E-state index in [0.717, 1.165) is 12.3 Å². The van der Waals surface area contributed by atoms with Gasteiger partial charge in [0, 0.05) is 5.38 Å². The SMILES string of the molecule is CCC1CCC(Cl)C(Cc2ccc(C(C)(C)C)cc2)C1. The molecule has 1 heteroatoms. The molecule has 0 saturated heterocycles. The molecule has 0 radical (unpaired) electrons. The minimum atomic E-state index is 0.242. The van der Waals surface area contributed by atoms with Gasteiger partial charge in [0.15, 0.2) is 0 Å². The van der Waals surface area contributed by atoms with Crippen molar-refractivity contribution in [2.45, 2.75) is 70.6 Å². The summed E-state index contributed by atoms with van der Waals surface area (Å²) < 4.78 is 0. The molecule has 0 heterocycles. The van der Waals surface area contributed by atoms with E-state index in [1.165, 1.54) is 36.8 Å². The van der Waals surface area contributed by atoms with E-state index in [0.29, 0.717) is 11.3 Å². The topological polar surface area (TPSA) is 0 Å². The second kappa shape index (κ2) is 6.52. The quantitative estimate of drug-likeness (QED) is 0.603. The van der Waals surface area contributed by atoms with Crippen LogP contribution in [-0.4, -0.2) is 5.38 Å². The van der Waals surface area contributed by atoms with Gasteiger partial charge >= 0.3 is 0 Å². The van der Waals surface area contributed by atoms with E-state index in [1.54, 1.807) is 0 Å². The second-order valence-corrected chi connectivity index (χ2v) is 8.08. The first-order valence-corrected chi connectivity index (χ1v) is 8.57. The Morgan fingerprint density at radius 1 is 1.10 bits per heavy atom. The van der Waals surface area contributed by atoms with Crippen LogP contribution in [0.5, 0.6) is 0 Å². The molecule has 0 bridgehead atoms. The lowest BCUT2D eigenvalue weighted by molar-refractivity contribution is 0.265. The maximum Gasteiger partial charge on any atom is 0.0367 e. The summed E-state index contributed by atoms with van der Waals surface area (Å²) in [5.41, 5.74) is 3.11. The molecule has 112 valence electrons. The fourth-order valence-electron chi connectivity index (χ4n) is 3.35. The van der Waals surface area contributed by atoms with Crippen molar-refractivity contribution >= 4 is 11.6 Å². The Balaban J connectivity index is 2.02. The molecule has 1 saturated carbocycles. The van der Waals surface area contributed by atoms with Gasteiger partial charge in [0.1, 0.15) is 0 Å². The normalized spacial score (nSPS) is 27.6. The first kappa shape index (κ1) is 15.9. The Bertz CT molecular complexity index is 412. The number of hydrogen-bond donors (Lipinski definition) is 0. The van der Waals surface area contributed by atoms with Crippen LogP contribution in [0, 0.1) is 11.8 Å². The fraction of sp³-hybridized carbons (Fsp3) is 0.684. The third-order valence-corrected chi connectivity index (χ3v) is 5.47. The summed E-state index contributed by atoms with van der Waals surface area (Å²) in [6, 6.07) is 9.19. The average Bonchev–Trinajstić information content (AvgIpc) is 2.41. The van der Waals surface area contributed by atoms with Gasteiger partial charge in [-0.2, -0.15) is 0 Å². The van der Waals surface area contributed by atoms with Gasteiger partial charge in [-0.1, -0.05) is 58.4 Å². The lowest BCUT2D eigenvalue weighted by Crippen LogP contribution is -2.26. The molecule has 3 atom stereocenters. The van der Waals surface area contributed by atoms with Crippen molar-refractivity contribution in [2.75, 3.05) is 0 Å². The van der Waals surface area contributed by atoms with Crippen LogP contribution in [0.3, 0.4) is 0 Å². The Hall–Kier alpha value is -0.490. The molecule has 0 spiro atoms. The van der Waals surface area contributed by atoms with E-state index < -0.39 is 0 Å². The van der Waals surface area contributed by atoms with Crippen molar-refractivity contribution in [2.24, 2.45) is 11.8 Å². The van der Waals surface area contributed by atoms with E-state index in [4.69, 9.17) is 11.6 Å². The van der Waals surface area contributed by atoms with Gasteiger partial charge in [-0.05, 0) is 54.1 Å². The molecule has 0 N–H and O–H groups in total. The van der Waals surface area contributed by atoms with Gasteiger partial charge in [0.05, 0.1) is 0 Å². The highest BCUT2D eigenvalue weighted by atomic mass is 35.5. The number of hydrogen-bond acceptors (Lipinski definition) is 0. The molecular weight excluding hydrogens is 264 g/mol. The van der Waals surface area contributed by atoms with Gasteiger partial charge in [0.2, 0.25) is 0 Å². The maximum absolute atomic E-state index is 6.56. The largest absolute Gasteiger partial charge is 0.123 e. The van der Waals surface area contributed by atoms with Crippen molar-refractivity contribution in [1.29, 1.82) is 0 Å². The molecule has 1 aliphatic carbocycles. The standard InChI is InChI=1S/C19H29Cl/c1-5-14-8-11-18(20)16(12-14)13-15-6-9-17(10-7-15)19(2,3)4/h6-7,9-10,14,16,18H,5,8,11-13H2,1-4H3. The monoisotopic (exact) mass is 292 g/mol. The third-order valence-electron chi connectivity index (χ3n) is 4.89. The van der Waals surface area contributed by atoms with Gasteiger partial charge in [-0.15, -0.1) is 11.6 Å². The van der Waals surface area contributed by atoms with Crippen molar-refractivity contribution in [1.82, 2.24) is 0 Å². The van der Waals surface area contributed by atoms with Crippen LogP contribution in [0.4, 0.5) is 0 Å². The van der Waals surface area contributed by atoms with Gasteiger partial charge in [0.25, 0.3) is 0 Å². The Morgan fingerprint density at radius 3 is 2.30 bits per heavy atom. The Morgan fingerprint density at radius 2 is 1.75 bits per heavy atom. The van der Waals surface area contributed by atoms with Crippen molar-refractivity contribution in [3.8, 4) is 0 Å². The molecule has 1 fully saturated rings. The van der Waals surface area contributed by atoms with Crippen LogP contribution in [0.2, 0.25) is 0 Å². The van der Waals surface area contributed by atoms with Crippen LogP contribution in [0.25, 0.3) is 0 Å². The molecule has 0 nitrogen and oxygen atoms in total. The van der Waals surface area contributed by atoms with E-state index in [9.17, 15) is 0 Å². The molecule has 0 amide bonds. The second-order valence-electron chi connectivity index (χ2n) is 7.51. The summed E-state index contributed by atoms with van der Waals surface area (Å²) in [6.07, 6.45) is 6.29.